The number of carbonyl (C=O) groups excluding carboxylic acids is 1. The molecule has 0 bridgehead atoms. The quantitative estimate of drug-likeness (QED) is 0.373. The van der Waals surface area contributed by atoms with E-state index in [9.17, 15) is 4.79 Å². The van der Waals surface area contributed by atoms with Crippen molar-refractivity contribution in [3.05, 3.63) is 80.8 Å². The van der Waals surface area contributed by atoms with E-state index in [1.54, 1.807) is 25.3 Å². The molecule has 0 saturated heterocycles. The van der Waals surface area contributed by atoms with Gasteiger partial charge in [0.05, 0.1) is 7.11 Å². The molecule has 3 aromatic carbocycles. The average Bonchev–Trinajstić information content (AvgIpc) is 2.73. The van der Waals surface area contributed by atoms with Crippen LogP contribution in [0, 0.1) is 0 Å². The first-order valence-corrected chi connectivity index (χ1v) is 10.5. The van der Waals surface area contributed by atoms with E-state index >= 15 is 0 Å². The minimum Gasteiger partial charge on any atom is -0.493 e. The monoisotopic (exact) mass is 478 g/mol. The van der Waals surface area contributed by atoms with Gasteiger partial charge >= 0.3 is 0 Å². The van der Waals surface area contributed by atoms with Crippen LogP contribution >= 0.6 is 34.8 Å². The maximum absolute atomic E-state index is 11.1. The molecule has 3 aromatic rings. The summed E-state index contributed by atoms with van der Waals surface area (Å²) in [5.74, 6) is 0.967. The van der Waals surface area contributed by atoms with E-state index in [0.717, 1.165) is 22.5 Å². The van der Waals surface area contributed by atoms with Crippen LogP contribution in [0.15, 0.2) is 54.6 Å². The van der Waals surface area contributed by atoms with E-state index in [1.807, 2.05) is 36.4 Å². The summed E-state index contributed by atoms with van der Waals surface area (Å²) in [7, 11) is 1.57. The molecule has 0 spiro atoms. The Labute approximate surface area is 196 Å². The number of halogens is 3. The maximum atomic E-state index is 11.1. The molecule has 1 amide bonds. The fourth-order valence-electron chi connectivity index (χ4n) is 2.85. The summed E-state index contributed by atoms with van der Waals surface area (Å²) in [4.78, 5) is 11.1. The Bertz CT molecular complexity index is 1070. The number of methoxy groups -OCH3 is 1. The molecule has 31 heavy (non-hydrogen) atoms. The molecule has 0 radical (unpaired) electrons. The lowest BCUT2D eigenvalue weighted by atomic mass is 10.2. The highest BCUT2D eigenvalue weighted by Gasteiger charge is 2.12. The molecule has 0 aliphatic carbocycles. The Morgan fingerprint density at radius 2 is 1.55 bits per heavy atom. The summed E-state index contributed by atoms with van der Waals surface area (Å²) in [6.07, 6.45) is 0. The Morgan fingerprint density at radius 3 is 2.19 bits per heavy atom. The minimum atomic E-state index is -0.111. The first-order chi connectivity index (χ1) is 14.9. The van der Waals surface area contributed by atoms with Crippen molar-refractivity contribution in [2.75, 3.05) is 17.7 Å². The predicted molar refractivity (Wildman–Crippen MR) is 127 cm³/mol. The second-order valence-electron chi connectivity index (χ2n) is 6.73. The smallest absolute Gasteiger partial charge is 0.221 e. The number of hydrogen-bond acceptors (Lipinski definition) is 4. The molecule has 2 N–H and O–H groups in total. The van der Waals surface area contributed by atoms with Crippen LogP contribution in [-0.2, 0) is 17.9 Å². The first kappa shape index (κ1) is 23.1. The zero-order valence-corrected chi connectivity index (χ0v) is 19.2. The van der Waals surface area contributed by atoms with Crippen LogP contribution in [0.25, 0.3) is 0 Å². The Balaban J connectivity index is 1.67. The first-order valence-electron chi connectivity index (χ1n) is 9.40. The topological polar surface area (TPSA) is 59.6 Å². The molecule has 0 aliphatic heterocycles. The summed E-state index contributed by atoms with van der Waals surface area (Å²) in [6, 6.07) is 16.2. The zero-order valence-electron chi connectivity index (χ0n) is 17.0. The van der Waals surface area contributed by atoms with Crippen molar-refractivity contribution in [2.45, 2.75) is 20.1 Å². The number of rotatable bonds is 8. The van der Waals surface area contributed by atoms with Crippen molar-refractivity contribution < 1.29 is 14.3 Å². The SMILES string of the molecule is COc1cc(CNc2ccc(NC(C)=O)cc2)c(Cl)cc1OCc1ccc(Cl)cc1Cl. The Kier molecular flexibility index (Phi) is 7.91. The molecule has 0 saturated carbocycles. The molecule has 162 valence electrons. The highest BCUT2D eigenvalue weighted by Crippen LogP contribution is 2.35. The molecule has 0 heterocycles. The third-order valence-corrected chi connectivity index (χ3v) is 5.36. The van der Waals surface area contributed by atoms with Gasteiger partial charge in [0.1, 0.15) is 6.61 Å². The van der Waals surface area contributed by atoms with Crippen molar-refractivity contribution in [3.8, 4) is 11.5 Å². The molecule has 0 aromatic heterocycles. The van der Waals surface area contributed by atoms with E-state index in [4.69, 9.17) is 44.3 Å². The van der Waals surface area contributed by atoms with E-state index in [-0.39, 0.29) is 12.5 Å². The van der Waals surface area contributed by atoms with Gasteiger partial charge in [-0.2, -0.15) is 0 Å². The van der Waals surface area contributed by atoms with Gasteiger partial charge in [0.2, 0.25) is 5.91 Å². The average molecular weight is 480 g/mol. The number of nitrogens with one attached hydrogen (secondary N) is 2. The largest absolute Gasteiger partial charge is 0.493 e. The van der Waals surface area contributed by atoms with Crippen molar-refractivity contribution in [1.29, 1.82) is 0 Å². The number of ether oxygens (including phenoxy) is 2. The standard InChI is InChI=1S/C23H21Cl3N2O3/c1-14(29)28-19-7-5-18(6-8-19)27-12-16-9-22(30-2)23(11-21(16)26)31-13-15-3-4-17(24)10-20(15)25/h3-11,27H,12-13H2,1-2H3,(H,28,29). The van der Waals surface area contributed by atoms with Gasteiger partial charge in [-0.1, -0.05) is 40.9 Å². The van der Waals surface area contributed by atoms with Gasteiger partial charge in [0.25, 0.3) is 0 Å². The number of amides is 1. The lowest BCUT2D eigenvalue weighted by Gasteiger charge is -2.15. The lowest BCUT2D eigenvalue weighted by Crippen LogP contribution is -2.06. The van der Waals surface area contributed by atoms with Gasteiger partial charge < -0.3 is 20.1 Å². The highest BCUT2D eigenvalue weighted by molar-refractivity contribution is 6.35. The molecule has 0 unspecified atom stereocenters. The minimum absolute atomic E-state index is 0.111. The third-order valence-electron chi connectivity index (χ3n) is 4.42. The van der Waals surface area contributed by atoms with Crippen LogP contribution in [-0.4, -0.2) is 13.0 Å². The number of anilines is 2. The summed E-state index contributed by atoms with van der Waals surface area (Å²) >= 11 is 18.6. The second kappa shape index (κ2) is 10.6. The lowest BCUT2D eigenvalue weighted by molar-refractivity contribution is -0.114. The molecule has 0 aliphatic rings. The molecule has 5 nitrogen and oxygen atoms in total. The van der Waals surface area contributed by atoms with Gasteiger partial charge in [-0.3, -0.25) is 4.79 Å². The fourth-order valence-corrected chi connectivity index (χ4v) is 3.53. The van der Waals surface area contributed by atoms with Crippen LogP contribution in [0.1, 0.15) is 18.1 Å². The van der Waals surface area contributed by atoms with Gasteiger partial charge in [-0.25, -0.2) is 0 Å². The summed E-state index contributed by atoms with van der Waals surface area (Å²) in [5, 5.41) is 7.67. The van der Waals surface area contributed by atoms with Crippen LogP contribution in [0.5, 0.6) is 11.5 Å². The fraction of sp³-hybridized carbons (Fsp3) is 0.174. The van der Waals surface area contributed by atoms with Crippen molar-refractivity contribution in [3.63, 3.8) is 0 Å². The van der Waals surface area contributed by atoms with Crippen LogP contribution in [0.4, 0.5) is 11.4 Å². The summed E-state index contributed by atoms with van der Waals surface area (Å²) in [5.41, 5.74) is 3.28. The van der Waals surface area contributed by atoms with Gasteiger partial charge in [0, 0.05) is 51.5 Å². The second-order valence-corrected chi connectivity index (χ2v) is 7.98. The summed E-state index contributed by atoms with van der Waals surface area (Å²) < 4.78 is 11.4. The van der Waals surface area contributed by atoms with Crippen LogP contribution in [0.3, 0.4) is 0 Å². The molecule has 0 atom stereocenters. The third kappa shape index (κ3) is 6.44. The summed E-state index contributed by atoms with van der Waals surface area (Å²) in [6.45, 7) is 2.21. The maximum Gasteiger partial charge on any atom is 0.221 e. The number of hydrogen-bond donors (Lipinski definition) is 2. The van der Waals surface area contributed by atoms with E-state index in [2.05, 4.69) is 10.6 Å². The molecular formula is C23H21Cl3N2O3. The van der Waals surface area contributed by atoms with Crippen molar-refractivity contribution in [1.82, 2.24) is 0 Å². The van der Waals surface area contributed by atoms with E-state index in [1.165, 1.54) is 6.92 Å². The molecule has 8 heteroatoms. The molecule has 0 fully saturated rings. The van der Waals surface area contributed by atoms with Gasteiger partial charge in [0.15, 0.2) is 11.5 Å². The Hall–Kier alpha value is -2.60. The van der Waals surface area contributed by atoms with Gasteiger partial charge in [-0.05, 0) is 48.0 Å². The van der Waals surface area contributed by atoms with Crippen LogP contribution < -0.4 is 20.1 Å². The van der Waals surface area contributed by atoms with E-state index < -0.39 is 0 Å². The zero-order chi connectivity index (χ0) is 22.4. The van der Waals surface area contributed by atoms with Crippen molar-refractivity contribution in [2.24, 2.45) is 0 Å². The van der Waals surface area contributed by atoms with Gasteiger partial charge in [-0.15, -0.1) is 0 Å². The normalized spacial score (nSPS) is 10.5. The number of carbonyl (C=O) groups is 1. The number of benzene rings is 3. The Morgan fingerprint density at radius 1 is 0.871 bits per heavy atom. The molecular weight excluding hydrogens is 459 g/mol. The predicted octanol–water partition coefficient (Wildman–Crippen LogP) is 6.80. The van der Waals surface area contributed by atoms with Crippen LogP contribution in [0.2, 0.25) is 15.1 Å². The van der Waals surface area contributed by atoms with Crippen molar-refractivity contribution >= 4 is 52.1 Å². The van der Waals surface area contributed by atoms with E-state index in [0.29, 0.717) is 33.1 Å². The highest BCUT2D eigenvalue weighted by atomic mass is 35.5. The molecule has 3 rings (SSSR count).